The van der Waals surface area contributed by atoms with Gasteiger partial charge in [0.2, 0.25) is 0 Å². The number of hydrogen-bond acceptors (Lipinski definition) is 5. The predicted molar refractivity (Wildman–Crippen MR) is 80.8 cm³/mol. The first-order valence-electron chi connectivity index (χ1n) is 7.35. The first-order chi connectivity index (χ1) is 10.7. The maximum Gasteiger partial charge on any atom is 0.161 e. The van der Waals surface area contributed by atoms with E-state index < -0.39 is 5.92 Å². The molecule has 0 amide bonds. The van der Waals surface area contributed by atoms with Crippen LogP contribution in [0.15, 0.2) is 24.3 Å². The number of nitrogens with zero attached hydrogens (tertiary/aromatic N) is 4. The van der Waals surface area contributed by atoms with E-state index in [-0.39, 0.29) is 12.0 Å². The molecule has 1 aromatic carbocycles. The summed E-state index contributed by atoms with van der Waals surface area (Å²) in [6.07, 6.45) is -0.233. The van der Waals surface area contributed by atoms with E-state index in [2.05, 4.69) is 15.1 Å². The molecule has 1 atom stereocenters. The van der Waals surface area contributed by atoms with Crippen molar-refractivity contribution in [2.24, 2.45) is 5.92 Å². The van der Waals surface area contributed by atoms with E-state index in [1.807, 2.05) is 12.1 Å². The van der Waals surface area contributed by atoms with Crippen molar-refractivity contribution in [3.05, 3.63) is 35.6 Å². The fourth-order valence-electron chi connectivity index (χ4n) is 2.78. The van der Waals surface area contributed by atoms with Crippen LogP contribution in [0, 0.1) is 34.4 Å². The van der Waals surface area contributed by atoms with Gasteiger partial charge >= 0.3 is 0 Å². The Hall–Kier alpha value is -1.99. The van der Waals surface area contributed by atoms with E-state index >= 15 is 0 Å². The van der Waals surface area contributed by atoms with E-state index in [1.165, 1.54) is 12.1 Å². The highest BCUT2D eigenvalue weighted by Crippen LogP contribution is 2.14. The Labute approximate surface area is 130 Å². The highest BCUT2D eigenvalue weighted by Gasteiger charge is 2.29. The molecular weight excluding hydrogens is 281 g/mol. The van der Waals surface area contributed by atoms with Crippen LogP contribution in [0.5, 0.6) is 0 Å². The molecule has 5 nitrogen and oxygen atoms in total. The highest BCUT2D eigenvalue weighted by atomic mass is 19.1. The third-order valence-corrected chi connectivity index (χ3v) is 4.01. The van der Waals surface area contributed by atoms with Gasteiger partial charge in [0, 0.05) is 32.7 Å². The largest absolute Gasteiger partial charge is 0.303 e. The quantitative estimate of drug-likeness (QED) is 0.884. The molecule has 0 spiro atoms. The lowest BCUT2D eigenvalue weighted by Gasteiger charge is -2.39. The lowest BCUT2D eigenvalue weighted by atomic mass is 10.1. The molecule has 22 heavy (non-hydrogen) atoms. The first-order valence-corrected chi connectivity index (χ1v) is 7.35. The second-order valence-electron chi connectivity index (χ2n) is 5.41. The number of rotatable bonds is 5. The Kier molecular flexibility index (Phi) is 5.85. The second-order valence-corrected chi connectivity index (χ2v) is 5.41. The maximum absolute atomic E-state index is 12.9. The smallest absolute Gasteiger partial charge is 0.161 e. The van der Waals surface area contributed by atoms with Crippen LogP contribution in [-0.2, 0) is 6.54 Å². The molecule has 0 aliphatic carbocycles. The average molecular weight is 301 g/mol. The van der Waals surface area contributed by atoms with Gasteiger partial charge in [0.05, 0.1) is 18.3 Å². The van der Waals surface area contributed by atoms with E-state index in [0.717, 1.165) is 38.3 Å². The molecule has 1 saturated heterocycles. The number of hydrogen-bond donors (Lipinski definition) is 1. The van der Waals surface area contributed by atoms with E-state index in [4.69, 9.17) is 10.5 Å². The van der Waals surface area contributed by atoms with Gasteiger partial charge in [-0.2, -0.15) is 10.5 Å². The molecule has 116 valence electrons. The molecule has 1 fully saturated rings. The molecule has 0 bridgehead atoms. The molecule has 0 saturated carbocycles. The summed E-state index contributed by atoms with van der Waals surface area (Å²) in [5.74, 6) is -0.891. The summed E-state index contributed by atoms with van der Waals surface area (Å²) in [6.45, 7) is 4.11. The Morgan fingerprint density at radius 2 is 1.73 bits per heavy atom. The Morgan fingerprint density at radius 1 is 1.14 bits per heavy atom. The van der Waals surface area contributed by atoms with Crippen LogP contribution in [-0.4, -0.2) is 49.2 Å². The second kappa shape index (κ2) is 7.86. The summed E-state index contributed by atoms with van der Waals surface area (Å²) in [5, 5.41) is 21.2. The summed E-state index contributed by atoms with van der Waals surface area (Å²) in [7, 11) is 1.78. The van der Waals surface area contributed by atoms with Crippen LogP contribution in [0.2, 0.25) is 0 Å². The summed E-state index contributed by atoms with van der Waals surface area (Å²) in [6, 6.07) is 10.7. The van der Waals surface area contributed by atoms with Crippen molar-refractivity contribution in [2.45, 2.75) is 12.7 Å². The van der Waals surface area contributed by atoms with Crippen molar-refractivity contribution in [3.63, 3.8) is 0 Å². The van der Waals surface area contributed by atoms with Crippen LogP contribution in [0.3, 0.4) is 0 Å². The number of benzene rings is 1. The SMILES string of the molecule is CNC(C(C#N)C#N)N1CCN(Cc2ccc(F)cc2)CC1. The van der Waals surface area contributed by atoms with Crippen LogP contribution < -0.4 is 5.32 Å². The summed E-state index contributed by atoms with van der Waals surface area (Å²) >= 11 is 0. The van der Waals surface area contributed by atoms with Gasteiger partial charge in [0.25, 0.3) is 0 Å². The maximum atomic E-state index is 12.9. The van der Waals surface area contributed by atoms with Crippen LogP contribution in [0.25, 0.3) is 0 Å². The Balaban J connectivity index is 1.88. The van der Waals surface area contributed by atoms with E-state index in [9.17, 15) is 4.39 Å². The number of halogens is 1. The van der Waals surface area contributed by atoms with Gasteiger partial charge in [-0.15, -0.1) is 0 Å². The van der Waals surface area contributed by atoms with Crippen LogP contribution >= 0.6 is 0 Å². The zero-order valence-corrected chi connectivity index (χ0v) is 12.7. The lowest BCUT2D eigenvalue weighted by Crippen LogP contribution is -2.56. The summed E-state index contributed by atoms with van der Waals surface area (Å²) < 4.78 is 12.9. The molecule has 0 radical (unpaired) electrons. The molecule has 1 aliphatic heterocycles. The minimum absolute atomic E-state index is 0.218. The fourth-order valence-corrected chi connectivity index (χ4v) is 2.78. The monoisotopic (exact) mass is 301 g/mol. The van der Waals surface area contributed by atoms with Gasteiger partial charge in [-0.3, -0.25) is 9.80 Å². The van der Waals surface area contributed by atoms with E-state index in [0.29, 0.717) is 0 Å². The Bertz CT molecular complexity index is 537. The third-order valence-electron chi connectivity index (χ3n) is 4.01. The average Bonchev–Trinajstić information content (AvgIpc) is 2.55. The van der Waals surface area contributed by atoms with Gasteiger partial charge < -0.3 is 5.32 Å². The van der Waals surface area contributed by atoms with E-state index in [1.54, 1.807) is 19.2 Å². The zero-order chi connectivity index (χ0) is 15.9. The molecule has 1 aliphatic rings. The number of piperazine rings is 1. The van der Waals surface area contributed by atoms with Crippen molar-refractivity contribution in [1.82, 2.24) is 15.1 Å². The molecule has 0 aromatic heterocycles. The highest BCUT2D eigenvalue weighted by molar-refractivity contribution is 5.16. The van der Waals surface area contributed by atoms with Gasteiger partial charge in [-0.25, -0.2) is 4.39 Å². The molecule has 1 N–H and O–H groups in total. The zero-order valence-electron chi connectivity index (χ0n) is 12.7. The van der Waals surface area contributed by atoms with Gasteiger partial charge in [0.1, 0.15) is 5.82 Å². The van der Waals surface area contributed by atoms with Crippen molar-refractivity contribution >= 4 is 0 Å². The number of nitriles is 2. The molecular formula is C16H20FN5. The van der Waals surface area contributed by atoms with Gasteiger partial charge in [0.15, 0.2) is 5.92 Å². The van der Waals surface area contributed by atoms with Crippen LogP contribution in [0.4, 0.5) is 4.39 Å². The lowest BCUT2D eigenvalue weighted by molar-refractivity contribution is 0.0724. The van der Waals surface area contributed by atoms with Gasteiger partial charge in [-0.05, 0) is 24.7 Å². The third kappa shape index (κ3) is 4.02. The topological polar surface area (TPSA) is 66.1 Å². The van der Waals surface area contributed by atoms with Gasteiger partial charge in [-0.1, -0.05) is 12.1 Å². The Morgan fingerprint density at radius 3 is 2.23 bits per heavy atom. The minimum Gasteiger partial charge on any atom is -0.303 e. The van der Waals surface area contributed by atoms with Crippen molar-refractivity contribution in [2.75, 3.05) is 33.2 Å². The van der Waals surface area contributed by atoms with Crippen LogP contribution in [0.1, 0.15) is 5.56 Å². The normalized spacial score (nSPS) is 17.9. The molecule has 6 heteroatoms. The minimum atomic E-state index is -0.673. The molecule has 1 unspecified atom stereocenters. The molecule has 1 heterocycles. The summed E-state index contributed by atoms with van der Waals surface area (Å²) in [4.78, 5) is 4.43. The molecule has 2 rings (SSSR count). The fraction of sp³-hybridized carbons (Fsp3) is 0.500. The first kappa shape index (κ1) is 16.4. The van der Waals surface area contributed by atoms with Crippen molar-refractivity contribution in [3.8, 4) is 12.1 Å². The van der Waals surface area contributed by atoms with Crippen molar-refractivity contribution in [1.29, 1.82) is 10.5 Å². The predicted octanol–water partition coefficient (Wildman–Crippen LogP) is 1.15. The molecule has 1 aromatic rings. The van der Waals surface area contributed by atoms with Crippen molar-refractivity contribution < 1.29 is 4.39 Å². The number of nitrogens with one attached hydrogen (secondary N) is 1. The summed E-state index contributed by atoms with van der Waals surface area (Å²) in [5.41, 5.74) is 1.09. The standard InChI is InChI=1S/C16H20FN5/c1-20-16(14(10-18)11-19)22-8-6-21(7-9-22)12-13-2-4-15(17)5-3-13/h2-5,14,16,20H,6-9,12H2,1H3.